The Labute approximate surface area is 132 Å². The van der Waals surface area contributed by atoms with E-state index in [1.165, 1.54) is 0 Å². The molecule has 0 aromatic carbocycles. The molecule has 0 amide bonds. The van der Waals surface area contributed by atoms with Crippen molar-refractivity contribution in [3.8, 4) is 0 Å². The number of imidazole rings is 1. The molecule has 1 aliphatic carbocycles. The lowest BCUT2D eigenvalue weighted by Gasteiger charge is -2.50. The number of halogens is 1. The third-order valence-electron chi connectivity index (χ3n) is 4.84. The van der Waals surface area contributed by atoms with Gasteiger partial charge in [0.15, 0.2) is 0 Å². The number of carboxylic acids is 1. The number of hydrogen-bond acceptors (Lipinski definition) is 4. The van der Waals surface area contributed by atoms with Crippen LogP contribution in [0.5, 0.6) is 0 Å². The topological polar surface area (TPSA) is 76.4 Å². The molecule has 1 saturated heterocycles. The number of aliphatic carboxylic acids is 1. The van der Waals surface area contributed by atoms with Crippen LogP contribution in [0.3, 0.4) is 0 Å². The van der Waals surface area contributed by atoms with Crippen molar-refractivity contribution in [1.82, 2.24) is 14.9 Å². The number of nitrogens with one attached hydrogen (secondary N) is 1. The van der Waals surface area contributed by atoms with Crippen LogP contribution in [-0.2, 0) is 22.2 Å². The Hall–Kier alpha value is -0.920. The van der Waals surface area contributed by atoms with Crippen LogP contribution in [0.2, 0.25) is 0 Å². The molecule has 0 atom stereocenters. The Morgan fingerprint density at radius 3 is 2.57 bits per heavy atom. The van der Waals surface area contributed by atoms with E-state index in [4.69, 9.17) is 9.84 Å². The fourth-order valence-corrected chi connectivity index (χ4v) is 3.98. The Morgan fingerprint density at radius 1 is 1.48 bits per heavy atom. The van der Waals surface area contributed by atoms with Crippen LogP contribution in [0.25, 0.3) is 0 Å². The van der Waals surface area contributed by atoms with E-state index in [1.807, 2.05) is 17.8 Å². The standard InChI is InChI=1S/C14H20BrN3O3/c1-18-6-10(15)17-12(18)14(21-7-11(19)20)4-2-13(3-5-14)8-16-9-13/h6,16H,2-5,7-9H2,1H3,(H,19,20). The smallest absolute Gasteiger partial charge is 0.329 e. The summed E-state index contributed by atoms with van der Waals surface area (Å²) >= 11 is 3.39. The zero-order valence-corrected chi connectivity index (χ0v) is 13.6. The molecule has 2 aliphatic rings. The number of hydrogen-bond donors (Lipinski definition) is 2. The van der Waals surface area contributed by atoms with Crippen molar-refractivity contribution < 1.29 is 14.6 Å². The molecular weight excluding hydrogens is 338 g/mol. The number of rotatable bonds is 4. The summed E-state index contributed by atoms with van der Waals surface area (Å²) in [5.74, 6) is -0.119. The summed E-state index contributed by atoms with van der Waals surface area (Å²) in [6.07, 6.45) is 5.61. The molecule has 1 saturated carbocycles. The summed E-state index contributed by atoms with van der Waals surface area (Å²) in [5.41, 5.74) is -0.196. The maximum atomic E-state index is 10.9. The lowest BCUT2D eigenvalue weighted by atomic mass is 9.65. The van der Waals surface area contributed by atoms with E-state index in [0.717, 1.165) is 49.2 Å². The van der Waals surface area contributed by atoms with Gasteiger partial charge in [0.2, 0.25) is 0 Å². The summed E-state index contributed by atoms with van der Waals surface area (Å²) in [5, 5.41) is 12.3. The number of nitrogens with zero attached hydrogens (tertiary/aromatic N) is 2. The van der Waals surface area contributed by atoms with Crippen LogP contribution in [0.15, 0.2) is 10.8 Å². The molecule has 1 aromatic rings. The summed E-state index contributed by atoms with van der Waals surface area (Å²) < 4.78 is 8.54. The van der Waals surface area contributed by atoms with E-state index in [1.54, 1.807) is 0 Å². The van der Waals surface area contributed by atoms with Gasteiger partial charge >= 0.3 is 5.97 Å². The molecule has 2 fully saturated rings. The fraction of sp³-hybridized carbons (Fsp3) is 0.714. The van der Waals surface area contributed by atoms with Gasteiger partial charge in [0, 0.05) is 26.3 Å². The minimum absolute atomic E-state index is 0.282. The molecular formula is C14H20BrN3O3. The van der Waals surface area contributed by atoms with Crippen LogP contribution >= 0.6 is 15.9 Å². The van der Waals surface area contributed by atoms with Gasteiger partial charge in [-0.25, -0.2) is 9.78 Å². The predicted octanol–water partition coefficient (Wildman–Crippen LogP) is 1.64. The van der Waals surface area contributed by atoms with Gasteiger partial charge in [0.05, 0.1) is 0 Å². The first-order valence-corrected chi connectivity index (χ1v) is 8.00. The molecule has 0 radical (unpaired) electrons. The molecule has 1 spiro atoms. The SMILES string of the molecule is Cn1cc(Br)nc1C1(OCC(=O)O)CCC2(CC1)CNC2. The summed E-state index contributed by atoms with van der Waals surface area (Å²) in [7, 11) is 1.92. The monoisotopic (exact) mass is 357 g/mol. The molecule has 6 nitrogen and oxygen atoms in total. The van der Waals surface area contributed by atoms with E-state index in [2.05, 4.69) is 26.2 Å². The molecule has 3 rings (SSSR count). The maximum Gasteiger partial charge on any atom is 0.329 e. The molecule has 0 bridgehead atoms. The van der Waals surface area contributed by atoms with Gasteiger partial charge in [-0.05, 0) is 47.0 Å². The van der Waals surface area contributed by atoms with Crippen molar-refractivity contribution in [2.45, 2.75) is 31.3 Å². The van der Waals surface area contributed by atoms with Crippen LogP contribution in [-0.4, -0.2) is 40.3 Å². The number of carboxylic acid groups (broad SMARTS) is 1. The molecule has 1 aromatic heterocycles. The van der Waals surface area contributed by atoms with Gasteiger partial charge in [-0.1, -0.05) is 0 Å². The van der Waals surface area contributed by atoms with Crippen molar-refractivity contribution >= 4 is 21.9 Å². The second-order valence-corrected chi connectivity index (χ2v) is 7.09. The number of ether oxygens (including phenoxy) is 1. The van der Waals surface area contributed by atoms with E-state index in [-0.39, 0.29) is 6.61 Å². The number of aryl methyl sites for hydroxylation is 1. The highest BCUT2D eigenvalue weighted by Gasteiger charge is 2.49. The summed E-state index contributed by atoms with van der Waals surface area (Å²) in [6, 6.07) is 0. The minimum atomic E-state index is -0.937. The largest absolute Gasteiger partial charge is 0.480 e. The van der Waals surface area contributed by atoms with Gasteiger partial charge in [-0.3, -0.25) is 0 Å². The first kappa shape index (κ1) is 15.0. The third-order valence-corrected chi connectivity index (χ3v) is 5.23. The van der Waals surface area contributed by atoms with Crippen molar-refractivity contribution in [2.75, 3.05) is 19.7 Å². The number of aromatic nitrogens is 2. The molecule has 0 unspecified atom stereocenters. The van der Waals surface area contributed by atoms with Crippen LogP contribution in [0.4, 0.5) is 0 Å². The molecule has 116 valence electrons. The highest BCUT2D eigenvalue weighted by Crippen LogP contribution is 2.49. The third kappa shape index (κ3) is 2.74. The Balaban J connectivity index is 1.85. The van der Waals surface area contributed by atoms with E-state index in [9.17, 15) is 4.79 Å². The van der Waals surface area contributed by atoms with Crippen molar-refractivity contribution in [1.29, 1.82) is 0 Å². The second kappa shape index (κ2) is 5.37. The van der Waals surface area contributed by atoms with Gasteiger partial charge in [-0.2, -0.15) is 0 Å². The first-order chi connectivity index (χ1) is 9.95. The van der Waals surface area contributed by atoms with E-state index in [0.29, 0.717) is 5.41 Å². The van der Waals surface area contributed by atoms with E-state index < -0.39 is 11.6 Å². The molecule has 2 heterocycles. The van der Waals surface area contributed by atoms with Gasteiger partial charge < -0.3 is 19.7 Å². The Bertz CT molecular complexity index is 544. The predicted molar refractivity (Wildman–Crippen MR) is 79.9 cm³/mol. The van der Waals surface area contributed by atoms with Gasteiger partial charge in [-0.15, -0.1) is 0 Å². The summed E-state index contributed by atoms with van der Waals surface area (Å²) in [4.78, 5) is 15.5. The lowest BCUT2D eigenvalue weighted by Crippen LogP contribution is -2.57. The highest BCUT2D eigenvalue weighted by atomic mass is 79.9. The highest BCUT2D eigenvalue weighted by molar-refractivity contribution is 9.10. The van der Waals surface area contributed by atoms with Crippen molar-refractivity contribution in [3.05, 3.63) is 16.6 Å². The average molecular weight is 358 g/mol. The Kier molecular flexibility index (Phi) is 3.83. The Morgan fingerprint density at radius 2 is 2.14 bits per heavy atom. The maximum absolute atomic E-state index is 10.9. The van der Waals surface area contributed by atoms with Gasteiger partial charge in [0.25, 0.3) is 0 Å². The molecule has 2 N–H and O–H groups in total. The van der Waals surface area contributed by atoms with Crippen LogP contribution in [0, 0.1) is 5.41 Å². The van der Waals surface area contributed by atoms with Crippen LogP contribution < -0.4 is 5.32 Å². The quantitative estimate of drug-likeness (QED) is 0.856. The van der Waals surface area contributed by atoms with Gasteiger partial charge in [0.1, 0.15) is 22.6 Å². The number of carbonyl (C=O) groups is 1. The van der Waals surface area contributed by atoms with Crippen molar-refractivity contribution in [3.63, 3.8) is 0 Å². The normalized spacial score (nSPS) is 23.0. The minimum Gasteiger partial charge on any atom is -0.480 e. The zero-order valence-electron chi connectivity index (χ0n) is 12.1. The summed E-state index contributed by atoms with van der Waals surface area (Å²) in [6.45, 7) is 1.84. The lowest BCUT2D eigenvalue weighted by molar-refractivity contribution is -0.159. The molecule has 7 heteroatoms. The zero-order chi connectivity index (χ0) is 15.1. The average Bonchev–Trinajstić information content (AvgIpc) is 2.75. The molecule has 1 aliphatic heterocycles. The second-order valence-electron chi connectivity index (χ2n) is 6.28. The van der Waals surface area contributed by atoms with E-state index >= 15 is 0 Å². The fourth-order valence-electron chi connectivity index (χ4n) is 3.50. The van der Waals surface area contributed by atoms with Crippen LogP contribution in [0.1, 0.15) is 31.5 Å². The van der Waals surface area contributed by atoms with Crippen molar-refractivity contribution in [2.24, 2.45) is 12.5 Å². The molecule has 21 heavy (non-hydrogen) atoms. The first-order valence-electron chi connectivity index (χ1n) is 7.21.